The topological polar surface area (TPSA) is 47.8 Å². The average molecular weight is 217 g/mol. The molecule has 0 aliphatic rings. The first-order chi connectivity index (χ1) is 7.74. The molecule has 0 aliphatic heterocycles. The van der Waals surface area contributed by atoms with Crippen molar-refractivity contribution < 1.29 is 0 Å². The van der Waals surface area contributed by atoms with Crippen LogP contribution in [0.3, 0.4) is 0 Å². The molecule has 2 aromatic rings. The molecule has 0 unspecified atom stereocenters. The molecule has 0 spiro atoms. The lowest BCUT2D eigenvalue weighted by atomic mass is 10.2. The van der Waals surface area contributed by atoms with Gasteiger partial charge in [0.2, 0.25) is 0 Å². The van der Waals surface area contributed by atoms with Crippen LogP contribution in [0, 0.1) is 0 Å². The van der Waals surface area contributed by atoms with Crippen LogP contribution in [0.5, 0.6) is 0 Å². The summed E-state index contributed by atoms with van der Waals surface area (Å²) in [7, 11) is 1.77. The molecule has 0 saturated heterocycles. The second-order valence-electron chi connectivity index (χ2n) is 3.89. The molecule has 0 radical (unpaired) electrons. The molecule has 0 saturated carbocycles. The minimum Gasteiger partial charge on any atom is -0.299 e. The van der Waals surface area contributed by atoms with Gasteiger partial charge >= 0.3 is 0 Å². The Labute approximate surface area is 94.0 Å². The van der Waals surface area contributed by atoms with Crippen molar-refractivity contribution in [2.24, 2.45) is 7.05 Å². The fourth-order valence-electron chi connectivity index (χ4n) is 1.72. The van der Waals surface area contributed by atoms with E-state index in [2.05, 4.69) is 16.9 Å². The van der Waals surface area contributed by atoms with Gasteiger partial charge in [0.1, 0.15) is 5.82 Å². The monoisotopic (exact) mass is 217 g/mol. The van der Waals surface area contributed by atoms with Gasteiger partial charge in [-0.05, 0) is 12.5 Å². The van der Waals surface area contributed by atoms with Crippen molar-refractivity contribution in [1.82, 2.24) is 14.5 Å². The van der Waals surface area contributed by atoms with Crippen molar-refractivity contribution in [1.29, 1.82) is 0 Å². The molecule has 4 heteroatoms. The maximum Gasteiger partial charge on any atom is 0.262 e. The molecular formula is C12H15N3O. The van der Waals surface area contributed by atoms with Crippen molar-refractivity contribution in [2.45, 2.75) is 26.2 Å². The summed E-state index contributed by atoms with van der Waals surface area (Å²) in [5, 5.41) is 0.588. The number of pyridine rings is 1. The van der Waals surface area contributed by atoms with Gasteiger partial charge in [-0.1, -0.05) is 13.3 Å². The van der Waals surface area contributed by atoms with Gasteiger partial charge in [-0.25, -0.2) is 4.98 Å². The van der Waals surface area contributed by atoms with E-state index in [1.165, 1.54) is 0 Å². The fraction of sp³-hybridized carbons (Fsp3) is 0.417. The van der Waals surface area contributed by atoms with Crippen LogP contribution in [0.15, 0.2) is 23.3 Å². The number of unbranched alkanes of at least 4 members (excludes halogenated alkanes) is 1. The first-order valence-corrected chi connectivity index (χ1v) is 5.53. The van der Waals surface area contributed by atoms with Gasteiger partial charge in [0.05, 0.1) is 10.9 Å². The Hall–Kier alpha value is -1.71. The summed E-state index contributed by atoms with van der Waals surface area (Å²) in [5.41, 5.74) is 0.730. The first-order valence-electron chi connectivity index (χ1n) is 5.53. The van der Waals surface area contributed by atoms with Crippen molar-refractivity contribution >= 4 is 10.9 Å². The van der Waals surface area contributed by atoms with E-state index in [0.29, 0.717) is 5.39 Å². The molecule has 0 aromatic carbocycles. The molecule has 0 N–H and O–H groups in total. The lowest BCUT2D eigenvalue weighted by Crippen LogP contribution is -2.22. The first kappa shape index (κ1) is 10.8. The van der Waals surface area contributed by atoms with Gasteiger partial charge in [0, 0.05) is 25.9 Å². The van der Waals surface area contributed by atoms with Crippen LogP contribution >= 0.6 is 0 Å². The summed E-state index contributed by atoms with van der Waals surface area (Å²) in [4.78, 5) is 20.4. The van der Waals surface area contributed by atoms with Crippen molar-refractivity contribution in [3.63, 3.8) is 0 Å². The smallest absolute Gasteiger partial charge is 0.262 e. The lowest BCUT2D eigenvalue weighted by molar-refractivity contribution is 0.684. The Morgan fingerprint density at radius 3 is 3.00 bits per heavy atom. The van der Waals surface area contributed by atoms with Gasteiger partial charge in [0.25, 0.3) is 5.56 Å². The summed E-state index contributed by atoms with van der Waals surface area (Å²) < 4.78 is 1.62. The van der Waals surface area contributed by atoms with Gasteiger partial charge in [0.15, 0.2) is 0 Å². The highest BCUT2D eigenvalue weighted by Crippen LogP contribution is 2.07. The number of aromatic nitrogens is 3. The Morgan fingerprint density at radius 1 is 1.44 bits per heavy atom. The van der Waals surface area contributed by atoms with Gasteiger partial charge in [-0.3, -0.25) is 14.3 Å². The Morgan fingerprint density at radius 2 is 2.25 bits per heavy atom. The quantitative estimate of drug-likeness (QED) is 0.785. The number of aryl methyl sites for hydroxylation is 1. The maximum absolute atomic E-state index is 12.0. The van der Waals surface area contributed by atoms with Crippen LogP contribution in [-0.2, 0) is 13.5 Å². The molecule has 16 heavy (non-hydrogen) atoms. The molecule has 2 rings (SSSR count). The predicted molar refractivity (Wildman–Crippen MR) is 63.4 cm³/mol. The molecule has 4 nitrogen and oxygen atoms in total. The lowest BCUT2D eigenvalue weighted by Gasteiger charge is -2.07. The van der Waals surface area contributed by atoms with Gasteiger partial charge in [-0.15, -0.1) is 0 Å². The Balaban J connectivity index is 2.60. The van der Waals surface area contributed by atoms with E-state index in [1.807, 2.05) is 0 Å². The van der Waals surface area contributed by atoms with Crippen LogP contribution in [0.4, 0.5) is 0 Å². The van der Waals surface area contributed by atoms with E-state index in [0.717, 1.165) is 30.6 Å². The van der Waals surface area contributed by atoms with Gasteiger partial charge in [-0.2, -0.15) is 0 Å². The zero-order valence-corrected chi connectivity index (χ0v) is 9.60. The molecule has 0 aliphatic carbocycles. The van der Waals surface area contributed by atoms with E-state index >= 15 is 0 Å². The third kappa shape index (κ3) is 1.83. The minimum atomic E-state index is -0.01000. The van der Waals surface area contributed by atoms with E-state index in [1.54, 1.807) is 30.1 Å². The van der Waals surface area contributed by atoms with E-state index in [4.69, 9.17) is 0 Å². The second-order valence-corrected chi connectivity index (χ2v) is 3.89. The zero-order chi connectivity index (χ0) is 11.5. The summed E-state index contributed by atoms with van der Waals surface area (Å²) >= 11 is 0. The number of hydrogen-bond acceptors (Lipinski definition) is 3. The third-order valence-electron chi connectivity index (χ3n) is 2.72. The van der Waals surface area contributed by atoms with Crippen LogP contribution in [0.25, 0.3) is 10.9 Å². The summed E-state index contributed by atoms with van der Waals surface area (Å²) in [6, 6.07) is 1.78. The SMILES string of the molecule is CCCCc1nc2ccncc2c(=O)n1C. The fourth-order valence-corrected chi connectivity index (χ4v) is 1.72. The summed E-state index contributed by atoms with van der Waals surface area (Å²) in [6.45, 7) is 2.13. The molecule has 2 aromatic heterocycles. The Kier molecular flexibility index (Phi) is 2.99. The highest BCUT2D eigenvalue weighted by molar-refractivity contribution is 5.76. The van der Waals surface area contributed by atoms with Gasteiger partial charge < -0.3 is 0 Å². The molecule has 0 amide bonds. The van der Waals surface area contributed by atoms with E-state index in [-0.39, 0.29) is 5.56 Å². The third-order valence-corrected chi connectivity index (χ3v) is 2.72. The molecule has 0 bridgehead atoms. The minimum absolute atomic E-state index is 0.01000. The standard InChI is InChI=1S/C12H15N3O/c1-3-4-5-11-14-10-6-7-13-8-9(10)12(16)15(11)2/h6-8H,3-5H2,1-2H3. The summed E-state index contributed by atoms with van der Waals surface area (Å²) in [5.74, 6) is 0.852. The largest absolute Gasteiger partial charge is 0.299 e. The highest BCUT2D eigenvalue weighted by atomic mass is 16.1. The summed E-state index contributed by atoms with van der Waals surface area (Å²) in [6.07, 6.45) is 6.24. The molecule has 84 valence electrons. The van der Waals surface area contributed by atoms with E-state index < -0.39 is 0 Å². The Bertz CT molecular complexity index is 560. The second kappa shape index (κ2) is 4.43. The number of hydrogen-bond donors (Lipinski definition) is 0. The number of rotatable bonds is 3. The molecular weight excluding hydrogens is 202 g/mol. The molecule has 0 fully saturated rings. The van der Waals surface area contributed by atoms with Crippen molar-refractivity contribution in [2.75, 3.05) is 0 Å². The zero-order valence-electron chi connectivity index (χ0n) is 9.60. The van der Waals surface area contributed by atoms with Crippen molar-refractivity contribution in [3.8, 4) is 0 Å². The van der Waals surface area contributed by atoms with Crippen molar-refractivity contribution in [3.05, 3.63) is 34.6 Å². The average Bonchev–Trinajstić information content (AvgIpc) is 2.32. The number of fused-ring (bicyclic) bond motifs is 1. The number of nitrogens with zero attached hydrogens (tertiary/aromatic N) is 3. The van der Waals surface area contributed by atoms with Crippen LogP contribution in [0.1, 0.15) is 25.6 Å². The van der Waals surface area contributed by atoms with Crippen LogP contribution in [0.2, 0.25) is 0 Å². The van der Waals surface area contributed by atoms with Crippen LogP contribution in [-0.4, -0.2) is 14.5 Å². The van der Waals surface area contributed by atoms with E-state index in [9.17, 15) is 4.79 Å². The molecule has 0 atom stereocenters. The maximum atomic E-state index is 12.0. The van der Waals surface area contributed by atoms with Crippen LogP contribution < -0.4 is 5.56 Å². The molecule has 2 heterocycles. The highest BCUT2D eigenvalue weighted by Gasteiger charge is 2.07. The predicted octanol–water partition coefficient (Wildman–Crippen LogP) is 1.67. The normalized spacial score (nSPS) is 10.9.